The van der Waals surface area contributed by atoms with Crippen molar-refractivity contribution < 1.29 is 4.79 Å². The van der Waals surface area contributed by atoms with Gasteiger partial charge in [0.2, 0.25) is 5.91 Å². The standard InChI is InChI=1S/C8H16N2O/c1-2-3-4-8(11)10-7-5-6(7)9/h6-7H,2-5,9H2,1H3,(H,10,11). The van der Waals surface area contributed by atoms with Crippen LogP contribution in [0.25, 0.3) is 0 Å². The fourth-order valence-corrected chi connectivity index (χ4v) is 0.997. The van der Waals surface area contributed by atoms with E-state index in [2.05, 4.69) is 12.2 Å². The lowest BCUT2D eigenvalue weighted by Gasteiger charge is -2.01. The maximum absolute atomic E-state index is 11.0. The highest BCUT2D eigenvalue weighted by Crippen LogP contribution is 2.17. The molecule has 2 unspecified atom stereocenters. The minimum atomic E-state index is 0.157. The van der Waals surface area contributed by atoms with E-state index in [9.17, 15) is 4.79 Å². The highest BCUT2D eigenvalue weighted by Gasteiger charge is 2.34. The molecule has 0 aliphatic heterocycles. The first-order valence-electron chi connectivity index (χ1n) is 4.29. The summed E-state index contributed by atoms with van der Waals surface area (Å²) in [7, 11) is 0. The van der Waals surface area contributed by atoms with Crippen LogP contribution in [0.4, 0.5) is 0 Å². The molecular weight excluding hydrogens is 140 g/mol. The third-order valence-corrected chi connectivity index (χ3v) is 1.94. The molecule has 1 saturated carbocycles. The first-order chi connectivity index (χ1) is 5.24. The maximum atomic E-state index is 11.0. The molecule has 1 rings (SSSR count). The molecule has 0 aromatic heterocycles. The van der Waals surface area contributed by atoms with Crippen LogP contribution in [0, 0.1) is 0 Å². The molecule has 0 aromatic carbocycles. The molecule has 11 heavy (non-hydrogen) atoms. The van der Waals surface area contributed by atoms with E-state index < -0.39 is 0 Å². The normalized spacial score (nSPS) is 28.2. The van der Waals surface area contributed by atoms with Gasteiger partial charge in [-0.05, 0) is 12.8 Å². The molecule has 3 nitrogen and oxygen atoms in total. The van der Waals surface area contributed by atoms with E-state index in [0.29, 0.717) is 6.42 Å². The highest BCUT2D eigenvalue weighted by atomic mass is 16.1. The topological polar surface area (TPSA) is 55.1 Å². The van der Waals surface area contributed by atoms with Gasteiger partial charge in [0.15, 0.2) is 0 Å². The average molecular weight is 156 g/mol. The molecule has 0 aromatic rings. The van der Waals surface area contributed by atoms with E-state index in [4.69, 9.17) is 5.73 Å². The molecule has 0 spiro atoms. The van der Waals surface area contributed by atoms with E-state index in [1.165, 1.54) is 0 Å². The van der Waals surface area contributed by atoms with Crippen LogP contribution in [0.3, 0.4) is 0 Å². The van der Waals surface area contributed by atoms with E-state index in [-0.39, 0.29) is 18.0 Å². The smallest absolute Gasteiger partial charge is 0.220 e. The van der Waals surface area contributed by atoms with Gasteiger partial charge in [-0.2, -0.15) is 0 Å². The molecule has 0 radical (unpaired) electrons. The molecule has 64 valence electrons. The van der Waals surface area contributed by atoms with Gasteiger partial charge in [0.25, 0.3) is 0 Å². The summed E-state index contributed by atoms with van der Waals surface area (Å²) < 4.78 is 0. The zero-order valence-corrected chi connectivity index (χ0v) is 6.97. The van der Waals surface area contributed by atoms with Gasteiger partial charge in [-0.3, -0.25) is 4.79 Å². The van der Waals surface area contributed by atoms with Crippen molar-refractivity contribution in [2.45, 2.75) is 44.7 Å². The van der Waals surface area contributed by atoms with Crippen LogP contribution < -0.4 is 11.1 Å². The van der Waals surface area contributed by atoms with Crippen molar-refractivity contribution in [2.24, 2.45) is 5.73 Å². The molecule has 0 bridgehead atoms. The summed E-state index contributed by atoms with van der Waals surface area (Å²) in [5.74, 6) is 0.157. The van der Waals surface area contributed by atoms with Crippen LogP contribution >= 0.6 is 0 Å². The van der Waals surface area contributed by atoms with Crippen molar-refractivity contribution >= 4 is 5.91 Å². The van der Waals surface area contributed by atoms with Crippen molar-refractivity contribution in [3.05, 3.63) is 0 Å². The molecule has 1 fully saturated rings. The summed E-state index contributed by atoms with van der Waals surface area (Å²) in [6.45, 7) is 2.08. The molecule has 1 aliphatic rings. The van der Waals surface area contributed by atoms with E-state index in [0.717, 1.165) is 19.3 Å². The van der Waals surface area contributed by atoms with E-state index >= 15 is 0 Å². The summed E-state index contributed by atoms with van der Waals surface area (Å²) in [5, 5.41) is 2.87. The number of hydrogen-bond donors (Lipinski definition) is 2. The Kier molecular flexibility index (Phi) is 2.88. The number of rotatable bonds is 4. The second-order valence-corrected chi connectivity index (χ2v) is 3.18. The summed E-state index contributed by atoms with van der Waals surface area (Å²) in [4.78, 5) is 11.0. The zero-order valence-electron chi connectivity index (χ0n) is 6.97. The molecule has 0 saturated heterocycles. The number of hydrogen-bond acceptors (Lipinski definition) is 2. The number of unbranched alkanes of at least 4 members (excludes halogenated alkanes) is 1. The third kappa shape index (κ3) is 2.89. The van der Waals surface area contributed by atoms with Gasteiger partial charge in [-0.15, -0.1) is 0 Å². The van der Waals surface area contributed by atoms with Gasteiger partial charge in [0, 0.05) is 18.5 Å². The molecule has 3 heteroatoms. The molecule has 1 aliphatic carbocycles. The lowest BCUT2D eigenvalue weighted by Crippen LogP contribution is -2.29. The summed E-state index contributed by atoms with van der Waals surface area (Å²) >= 11 is 0. The van der Waals surface area contributed by atoms with E-state index in [1.807, 2.05) is 0 Å². The lowest BCUT2D eigenvalue weighted by molar-refractivity contribution is -0.121. The molecular formula is C8H16N2O. The van der Waals surface area contributed by atoms with Crippen molar-refractivity contribution in [3.8, 4) is 0 Å². The van der Waals surface area contributed by atoms with Crippen molar-refractivity contribution in [1.82, 2.24) is 5.32 Å². The van der Waals surface area contributed by atoms with Crippen LogP contribution in [-0.4, -0.2) is 18.0 Å². The Morgan fingerprint density at radius 1 is 1.73 bits per heavy atom. The van der Waals surface area contributed by atoms with Gasteiger partial charge in [0.1, 0.15) is 0 Å². The van der Waals surface area contributed by atoms with Crippen LogP contribution in [0.5, 0.6) is 0 Å². The Morgan fingerprint density at radius 2 is 2.36 bits per heavy atom. The number of amides is 1. The van der Waals surface area contributed by atoms with Gasteiger partial charge in [-0.1, -0.05) is 13.3 Å². The Morgan fingerprint density at radius 3 is 2.82 bits per heavy atom. The van der Waals surface area contributed by atoms with Gasteiger partial charge in [0.05, 0.1) is 0 Å². The van der Waals surface area contributed by atoms with Crippen molar-refractivity contribution in [3.63, 3.8) is 0 Å². The number of nitrogens with one attached hydrogen (secondary N) is 1. The SMILES string of the molecule is CCCCC(=O)NC1CC1N. The molecule has 2 atom stereocenters. The Balaban J connectivity index is 2.02. The quantitative estimate of drug-likeness (QED) is 0.618. The van der Waals surface area contributed by atoms with Gasteiger partial charge >= 0.3 is 0 Å². The van der Waals surface area contributed by atoms with Gasteiger partial charge in [-0.25, -0.2) is 0 Å². The van der Waals surface area contributed by atoms with Crippen molar-refractivity contribution in [2.75, 3.05) is 0 Å². The van der Waals surface area contributed by atoms with Crippen LogP contribution in [-0.2, 0) is 4.79 Å². The first-order valence-corrected chi connectivity index (χ1v) is 4.29. The maximum Gasteiger partial charge on any atom is 0.220 e. The van der Waals surface area contributed by atoms with Gasteiger partial charge < -0.3 is 11.1 Å². The Hall–Kier alpha value is -0.570. The molecule has 3 N–H and O–H groups in total. The fraction of sp³-hybridized carbons (Fsp3) is 0.875. The van der Waals surface area contributed by atoms with Crippen LogP contribution in [0.2, 0.25) is 0 Å². The van der Waals surface area contributed by atoms with Crippen molar-refractivity contribution in [1.29, 1.82) is 0 Å². The summed E-state index contributed by atoms with van der Waals surface area (Å²) in [6.07, 6.45) is 3.66. The monoisotopic (exact) mass is 156 g/mol. The Labute approximate surface area is 67.3 Å². The van der Waals surface area contributed by atoms with E-state index in [1.54, 1.807) is 0 Å². The minimum Gasteiger partial charge on any atom is -0.352 e. The third-order valence-electron chi connectivity index (χ3n) is 1.94. The Bertz CT molecular complexity index is 147. The van der Waals surface area contributed by atoms with Crippen LogP contribution in [0.1, 0.15) is 32.6 Å². The largest absolute Gasteiger partial charge is 0.352 e. The predicted molar refractivity (Wildman–Crippen MR) is 44.0 cm³/mol. The second-order valence-electron chi connectivity index (χ2n) is 3.18. The average Bonchev–Trinajstić information content (AvgIpc) is 2.62. The summed E-state index contributed by atoms with van der Waals surface area (Å²) in [5.41, 5.74) is 5.53. The van der Waals surface area contributed by atoms with Crippen LogP contribution in [0.15, 0.2) is 0 Å². The highest BCUT2D eigenvalue weighted by molar-refractivity contribution is 5.76. The molecule has 1 amide bonds. The fourth-order valence-electron chi connectivity index (χ4n) is 0.997. The summed E-state index contributed by atoms with van der Waals surface area (Å²) in [6, 6.07) is 0.500. The first kappa shape index (κ1) is 8.53. The number of carbonyl (C=O) groups excluding carboxylic acids is 1. The lowest BCUT2D eigenvalue weighted by atomic mass is 10.2. The second kappa shape index (κ2) is 3.72. The number of carbonyl (C=O) groups is 1. The molecule has 0 heterocycles. The number of nitrogens with two attached hydrogens (primary N) is 1. The minimum absolute atomic E-state index is 0.157. The zero-order chi connectivity index (χ0) is 8.27. The predicted octanol–water partition coefficient (Wildman–Crippen LogP) is 0.392.